The van der Waals surface area contributed by atoms with Gasteiger partial charge in [0.05, 0.1) is 18.7 Å². The molecule has 23 heavy (non-hydrogen) atoms. The monoisotopic (exact) mass is 315 g/mol. The molecule has 0 spiro atoms. The molecule has 0 aliphatic rings. The van der Waals surface area contributed by atoms with E-state index in [0.29, 0.717) is 11.5 Å². The van der Waals surface area contributed by atoms with E-state index in [2.05, 4.69) is 15.8 Å². The van der Waals surface area contributed by atoms with Gasteiger partial charge in [-0.05, 0) is 31.9 Å². The first kappa shape index (κ1) is 16.7. The minimum absolute atomic E-state index is 0.0692. The molecule has 1 heterocycles. The van der Waals surface area contributed by atoms with Crippen molar-refractivity contribution >= 4 is 17.5 Å². The van der Waals surface area contributed by atoms with E-state index in [1.807, 2.05) is 31.2 Å². The van der Waals surface area contributed by atoms with Crippen molar-refractivity contribution in [3.05, 3.63) is 46.8 Å². The van der Waals surface area contributed by atoms with E-state index < -0.39 is 0 Å². The van der Waals surface area contributed by atoms with Gasteiger partial charge in [0.25, 0.3) is 0 Å². The number of nitrogens with one attached hydrogen (secondary N) is 2. The molecule has 1 aromatic carbocycles. The standard InChI is InChI=1S/C17H21N3O3/c1-4-13-7-5-6-8-15(13)19-17(22)10-18-16(21)9-14-11(2)20-23-12(14)3/h5-8H,4,9-10H2,1-3H3,(H,18,21)(H,19,22). The van der Waals surface area contributed by atoms with Crippen molar-refractivity contribution in [3.8, 4) is 0 Å². The summed E-state index contributed by atoms with van der Waals surface area (Å²) in [6, 6.07) is 7.61. The van der Waals surface area contributed by atoms with E-state index in [4.69, 9.17) is 4.52 Å². The van der Waals surface area contributed by atoms with Gasteiger partial charge in [0.2, 0.25) is 11.8 Å². The summed E-state index contributed by atoms with van der Waals surface area (Å²) in [4.78, 5) is 23.9. The Kier molecular flexibility index (Phi) is 5.51. The van der Waals surface area contributed by atoms with Crippen LogP contribution < -0.4 is 10.6 Å². The summed E-state index contributed by atoms with van der Waals surface area (Å²) in [5.41, 5.74) is 3.29. The lowest BCUT2D eigenvalue weighted by Gasteiger charge is -2.10. The van der Waals surface area contributed by atoms with E-state index in [0.717, 1.165) is 23.2 Å². The van der Waals surface area contributed by atoms with Gasteiger partial charge >= 0.3 is 0 Å². The molecule has 2 aromatic rings. The van der Waals surface area contributed by atoms with Crippen LogP contribution in [0.2, 0.25) is 0 Å². The van der Waals surface area contributed by atoms with Crippen LogP contribution in [-0.2, 0) is 22.4 Å². The second-order valence-corrected chi connectivity index (χ2v) is 5.32. The van der Waals surface area contributed by atoms with Gasteiger partial charge in [0.15, 0.2) is 0 Å². The zero-order chi connectivity index (χ0) is 16.8. The molecule has 0 fully saturated rings. The Morgan fingerprint density at radius 2 is 1.91 bits per heavy atom. The predicted octanol–water partition coefficient (Wildman–Crippen LogP) is 2.15. The van der Waals surface area contributed by atoms with Crippen molar-refractivity contribution in [2.75, 3.05) is 11.9 Å². The number of nitrogens with zero attached hydrogens (tertiary/aromatic N) is 1. The second-order valence-electron chi connectivity index (χ2n) is 5.32. The predicted molar refractivity (Wildman–Crippen MR) is 87.1 cm³/mol. The molecule has 0 bridgehead atoms. The lowest BCUT2D eigenvalue weighted by Crippen LogP contribution is -2.34. The Morgan fingerprint density at radius 3 is 2.57 bits per heavy atom. The summed E-state index contributed by atoms with van der Waals surface area (Å²) in [5, 5.41) is 9.23. The fourth-order valence-corrected chi connectivity index (χ4v) is 2.30. The number of hydrogen-bond donors (Lipinski definition) is 2. The molecular formula is C17H21N3O3. The van der Waals surface area contributed by atoms with Crippen molar-refractivity contribution < 1.29 is 14.1 Å². The molecule has 6 nitrogen and oxygen atoms in total. The number of aryl methyl sites for hydroxylation is 3. The fourth-order valence-electron chi connectivity index (χ4n) is 2.30. The Balaban J connectivity index is 1.86. The largest absolute Gasteiger partial charge is 0.361 e. The number of anilines is 1. The molecule has 0 unspecified atom stereocenters. The van der Waals surface area contributed by atoms with E-state index >= 15 is 0 Å². The number of carbonyl (C=O) groups excluding carboxylic acids is 2. The summed E-state index contributed by atoms with van der Waals surface area (Å²) in [7, 11) is 0. The van der Waals surface area contributed by atoms with Crippen molar-refractivity contribution in [3.63, 3.8) is 0 Å². The summed E-state index contributed by atoms with van der Waals surface area (Å²) >= 11 is 0. The molecule has 0 atom stereocenters. The molecule has 6 heteroatoms. The molecule has 2 amide bonds. The quantitative estimate of drug-likeness (QED) is 0.855. The molecule has 0 aliphatic heterocycles. The zero-order valence-electron chi connectivity index (χ0n) is 13.6. The fraction of sp³-hybridized carbons (Fsp3) is 0.353. The number of rotatable bonds is 6. The number of carbonyl (C=O) groups is 2. The zero-order valence-corrected chi connectivity index (χ0v) is 13.6. The molecule has 0 aliphatic carbocycles. The van der Waals surface area contributed by atoms with Crippen LogP contribution in [0.15, 0.2) is 28.8 Å². The highest BCUT2D eigenvalue weighted by molar-refractivity contribution is 5.95. The number of aromatic nitrogens is 1. The van der Waals surface area contributed by atoms with Crippen LogP contribution in [0.3, 0.4) is 0 Å². The number of benzene rings is 1. The number of hydrogen-bond acceptors (Lipinski definition) is 4. The van der Waals surface area contributed by atoms with Crippen molar-refractivity contribution in [2.45, 2.75) is 33.6 Å². The highest BCUT2D eigenvalue weighted by atomic mass is 16.5. The topological polar surface area (TPSA) is 84.2 Å². The minimum Gasteiger partial charge on any atom is -0.361 e. The Hall–Kier alpha value is -2.63. The van der Waals surface area contributed by atoms with Crippen LogP contribution in [0.1, 0.15) is 29.5 Å². The first-order valence-corrected chi connectivity index (χ1v) is 7.57. The van der Waals surface area contributed by atoms with Gasteiger partial charge in [0, 0.05) is 11.3 Å². The highest BCUT2D eigenvalue weighted by Gasteiger charge is 2.14. The maximum absolute atomic E-state index is 12.0. The summed E-state index contributed by atoms with van der Waals surface area (Å²) < 4.78 is 5.02. The Morgan fingerprint density at radius 1 is 1.17 bits per heavy atom. The van der Waals surface area contributed by atoms with Crippen LogP contribution in [0.5, 0.6) is 0 Å². The van der Waals surface area contributed by atoms with Crippen molar-refractivity contribution in [2.24, 2.45) is 0 Å². The third-order valence-corrected chi connectivity index (χ3v) is 3.64. The van der Waals surface area contributed by atoms with Crippen molar-refractivity contribution in [1.29, 1.82) is 0 Å². The second kappa shape index (κ2) is 7.58. The van der Waals surface area contributed by atoms with Crippen LogP contribution in [0.4, 0.5) is 5.69 Å². The van der Waals surface area contributed by atoms with Gasteiger partial charge in [-0.3, -0.25) is 9.59 Å². The molecular weight excluding hydrogens is 294 g/mol. The average Bonchev–Trinajstić information content (AvgIpc) is 2.85. The molecule has 2 rings (SSSR count). The SMILES string of the molecule is CCc1ccccc1NC(=O)CNC(=O)Cc1c(C)noc1C. The van der Waals surface area contributed by atoms with Gasteiger partial charge in [-0.25, -0.2) is 0 Å². The van der Waals surface area contributed by atoms with E-state index in [1.54, 1.807) is 13.8 Å². The third-order valence-electron chi connectivity index (χ3n) is 3.64. The number of amides is 2. The Labute approximate surface area is 135 Å². The van der Waals surface area contributed by atoms with E-state index in [9.17, 15) is 9.59 Å². The molecule has 2 N–H and O–H groups in total. The number of para-hydroxylation sites is 1. The smallest absolute Gasteiger partial charge is 0.243 e. The van der Waals surface area contributed by atoms with Gasteiger partial charge in [-0.1, -0.05) is 30.3 Å². The van der Waals surface area contributed by atoms with Gasteiger partial charge in [-0.2, -0.15) is 0 Å². The Bertz CT molecular complexity index is 687. The third kappa shape index (κ3) is 4.42. The molecule has 0 saturated carbocycles. The highest BCUT2D eigenvalue weighted by Crippen LogP contribution is 2.15. The lowest BCUT2D eigenvalue weighted by atomic mass is 10.1. The molecule has 122 valence electrons. The normalized spacial score (nSPS) is 10.4. The van der Waals surface area contributed by atoms with Gasteiger partial charge in [-0.15, -0.1) is 0 Å². The molecule has 1 aromatic heterocycles. The summed E-state index contributed by atoms with van der Waals surface area (Å²) in [6.07, 6.45) is 0.981. The lowest BCUT2D eigenvalue weighted by molar-refractivity contribution is -0.123. The van der Waals surface area contributed by atoms with Crippen LogP contribution in [0, 0.1) is 13.8 Å². The van der Waals surface area contributed by atoms with Crippen LogP contribution in [-0.4, -0.2) is 23.5 Å². The maximum Gasteiger partial charge on any atom is 0.243 e. The summed E-state index contributed by atoms with van der Waals surface area (Å²) in [5.74, 6) is 0.135. The van der Waals surface area contributed by atoms with Crippen LogP contribution >= 0.6 is 0 Å². The van der Waals surface area contributed by atoms with E-state index in [1.165, 1.54) is 0 Å². The van der Waals surface area contributed by atoms with E-state index in [-0.39, 0.29) is 24.8 Å². The minimum atomic E-state index is -0.252. The molecule has 0 saturated heterocycles. The average molecular weight is 315 g/mol. The van der Waals surface area contributed by atoms with Crippen molar-refractivity contribution in [1.82, 2.24) is 10.5 Å². The maximum atomic E-state index is 12.0. The summed E-state index contributed by atoms with van der Waals surface area (Å²) in [6.45, 7) is 5.50. The first-order chi connectivity index (χ1) is 11.0. The molecule has 0 radical (unpaired) electrons. The van der Waals surface area contributed by atoms with Gasteiger partial charge in [0.1, 0.15) is 5.76 Å². The first-order valence-electron chi connectivity index (χ1n) is 7.57. The van der Waals surface area contributed by atoms with Gasteiger partial charge < -0.3 is 15.2 Å². The van der Waals surface area contributed by atoms with Crippen LogP contribution in [0.25, 0.3) is 0 Å².